The topological polar surface area (TPSA) is 67.7 Å². The number of ether oxygens (including phenoxy) is 1. The first-order valence-corrected chi connectivity index (χ1v) is 11.1. The van der Waals surface area contributed by atoms with Crippen molar-refractivity contribution >= 4 is 12.0 Å². The monoisotopic (exact) mass is 402 g/mol. The summed E-state index contributed by atoms with van der Waals surface area (Å²) in [5.74, 6) is 0.677. The maximum Gasteiger partial charge on any atom is 0.410 e. The van der Waals surface area contributed by atoms with Crippen LogP contribution in [0.25, 0.3) is 0 Å². The summed E-state index contributed by atoms with van der Waals surface area (Å²) in [5, 5.41) is 4.41. The Kier molecular flexibility index (Phi) is 5.58. The predicted octanol–water partition coefficient (Wildman–Crippen LogP) is 3.61. The van der Waals surface area contributed by atoms with Gasteiger partial charge in [0.15, 0.2) is 0 Å². The van der Waals surface area contributed by atoms with Crippen LogP contribution in [0.15, 0.2) is 18.5 Å². The summed E-state index contributed by atoms with van der Waals surface area (Å²) >= 11 is 0. The van der Waals surface area contributed by atoms with Crippen LogP contribution in [0, 0.1) is 5.92 Å². The fourth-order valence-electron chi connectivity index (χ4n) is 5.27. The van der Waals surface area contributed by atoms with E-state index in [1.54, 1.807) is 4.90 Å². The van der Waals surface area contributed by atoms with Gasteiger partial charge in [0, 0.05) is 44.0 Å². The minimum Gasteiger partial charge on any atom is -0.444 e. The van der Waals surface area contributed by atoms with Crippen LogP contribution in [-0.2, 0) is 9.53 Å². The number of aromatic nitrogens is 2. The molecule has 0 aliphatic carbocycles. The molecule has 2 amide bonds. The molecule has 0 saturated carbocycles. The van der Waals surface area contributed by atoms with E-state index in [0.717, 1.165) is 38.5 Å². The van der Waals surface area contributed by atoms with Crippen molar-refractivity contribution < 1.29 is 14.3 Å². The van der Waals surface area contributed by atoms with E-state index >= 15 is 0 Å². The summed E-state index contributed by atoms with van der Waals surface area (Å²) in [4.78, 5) is 29.3. The Balaban J connectivity index is 1.27. The number of hydrogen-bond donors (Lipinski definition) is 0. The molecule has 0 N–H and O–H groups in total. The molecule has 3 aliphatic heterocycles. The molecular formula is C22H34N4O3. The van der Waals surface area contributed by atoms with Gasteiger partial charge in [0.05, 0.1) is 6.04 Å². The van der Waals surface area contributed by atoms with Gasteiger partial charge in [-0.05, 0) is 71.3 Å². The van der Waals surface area contributed by atoms with Crippen molar-refractivity contribution in [3.8, 4) is 0 Å². The highest BCUT2D eigenvalue weighted by Crippen LogP contribution is 2.41. The maximum atomic E-state index is 13.1. The molecule has 29 heavy (non-hydrogen) atoms. The molecule has 2 atom stereocenters. The van der Waals surface area contributed by atoms with Gasteiger partial charge in [-0.15, -0.1) is 0 Å². The summed E-state index contributed by atoms with van der Waals surface area (Å²) in [6.45, 7) is 7.03. The lowest BCUT2D eigenvalue weighted by Gasteiger charge is -2.40. The highest BCUT2D eigenvalue weighted by Gasteiger charge is 2.44. The van der Waals surface area contributed by atoms with Crippen molar-refractivity contribution in [3.05, 3.63) is 18.5 Å². The molecule has 0 aromatic carbocycles. The Morgan fingerprint density at radius 3 is 2.24 bits per heavy atom. The Labute approximate surface area is 173 Å². The number of amides is 2. The Bertz CT molecular complexity index is 705. The average Bonchev–Trinajstić information content (AvgIpc) is 3.27. The molecule has 0 spiro atoms. The van der Waals surface area contributed by atoms with Crippen LogP contribution < -0.4 is 0 Å². The summed E-state index contributed by atoms with van der Waals surface area (Å²) in [6, 6.07) is 3.11. The normalized spacial score (nSPS) is 27.9. The molecule has 160 valence electrons. The van der Waals surface area contributed by atoms with E-state index in [1.165, 1.54) is 0 Å². The number of carbonyl (C=O) groups excluding carboxylic acids is 2. The van der Waals surface area contributed by atoms with Crippen molar-refractivity contribution in [2.24, 2.45) is 5.92 Å². The van der Waals surface area contributed by atoms with Crippen molar-refractivity contribution in [1.29, 1.82) is 0 Å². The molecule has 1 aromatic rings. The van der Waals surface area contributed by atoms with Gasteiger partial charge >= 0.3 is 6.09 Å². The number of carbonyl (C=O) groups is 2. The van der Waals surface area contributed by atoms with Gasteiger partial charge in [-0.25, -0.2) is 4.79 Å². The molecule has 1 aromatic heterocycles. The number of rotatable bonds is 3. The number of fused-ring (bicyclic) bond motifs is 2. The molecule has 3 saturated heterocycles. The van der Waals surface area contributed by atoms with Crippen molar-refractivity contribution in [2.45, 2.75) is 89.4 Å². The first kappa shape index (κ1) is 20.2. The fourth-order valence-corrected chi connectivity index (χ4v) is 5.27. The third-order valence-electron chi connectivity index (χ3n) is 6.62. The summed E-state index contributed by atoms with van der Waals surface area (Å²) in [7, 11) is 0. The third-order valence-corrected chi connectivity index (χ3v) is 6.62. The lowest BCUT2D eigenvalue weighted by atomic mass is 9.91. The van der Waals surface area contributed by atoms with Crippen molar-refractivity contribution in [2.75, 3.05) is 13.1 Å². The Morgan fingerprint density at radius 1 is 1.03 bits per heavy atom. The van der Waals surface area contributed by atoms with Gasteiger partial charge in [0.2, 0.25) is 5.91 Å². The number of hydrogen-bond acceptors (Lipinski definition) is 4. The van der Waals surface area contributed by atoms with E-state index in [-0.39, 0.29) is 6.09 Å². The van der Waals surface area contributed by atoms with E-state index in [4.69, 9.17) is 4.74 Å². The molecule has 7 nitrogen and oxygen atoms in total. The highest BCUT2D eigenvalue weighted by molar-refractivity contribution is 5.77. The smallest absolute Gasteiger partial charge is 0.410 e. The van der Waals surface area contributed by atoms with Crippen molar-refractivity contribution in [1.82, 2.24) is 19.6 Å². The zero-order chi connectivity index (χ0) is 20.6. The van der Waals surface area contributed by atoms with Gasteiger partial charge in [-0.3, -0.25) is 9.48 Å². The number of likely N-dealkylation sites (tertiary alicyclic amines) is 1. The zero-order valence-electron chi connectivity index (χ0n) is 17.9. The van der Waals surface area contributed by atoms with Crippen molar-refractivity contribution in [3.63, 3.8) is 0 Å². The van der Waals surface area contributed by atoms with Crippen LogP contribution in [0.2, 0.25) is 0 Å². The number of nitrogens with zero attached hydrogens (tertiary/aromatic N) is 4. The molecule has 0 radical (unpaired) electrons. The predicted molar refractivity (Wildman–Crippen MR) is 109 cm³/mol. The summed E-state index contributed by atoms with van der Waals surface area (Å²) < 4.78 is 7.54. The largest absolute Gasteiger partial charge is 0.444 e. The second-order valence-electron chi connectivity index (χ2n) is 9.91. The standard InChI is InChI=1S/C22H34N4O3/c1-22(2,3)29-21(28)24-11-7-16(8-12-24)13-20(27)26-17-5-6-18(26)15-19(14-17)25-10-4-9-23-25/h4,9-10,16-19H,5-8,11-15H2,1-3H3. The van der Waals surface area contributed by atoms with Gasteiger partial charge in [-0.2, -0.15) is 5.10 Å². The molecule has 2 unspecified atom stereocenters. The maximum absolute atomic E-state index is 13.1. The van der Waals surface area contributed by atoms with E-state index in [2.05, 4.69) is 14.7 Å². The molecule has 4 heterocycles. The van der Waals surface area contributed by atoms with Crippen LogP contribution >= 0.6 is 0 Å². The SMILES string of the molecule is CC(C)(C)OC(=O)N1CCC(CC(=O)N2C3CCC2CC(n2cccn2)C3)CC1. The van der Waals surface area contributed by atoms with Gasteiger partial charge in [0.25, 0.3) is 0 Å². The molecule has 2 bridgehead atoms. The first-order chi connectivity index (χ1) is 13.8. The first-order valence-electron chi connectivity index (χ1n) is 11.1. The Hall–Kier alpha value is -2.05. The lowest BCUT2D eigenvalue weighted by Crippen LogP contribution is -2.48. The van der Waals surface area contributed by atoms with E-state index in [9.17, 15) is 9.59 Å². The van der Waals surface area contributed by atoms with Gasteiger partial charge in [-0.1, -0.05) is 0 Å². The quantitative estimate of drug-likeness (QED) is 0.774. The van der Waals surface area contributed by atoms with E-state index in [1.807, 2.05) is 39.2 Å². The van der Waals surface area contributed by atoms with E-state index in [0.29, 0.717) is 49.5 Å². The van der Waals surface area contributed by atoms with Crippen LogP contribution in [0.4, 0.5) is 4.79 Å². The molecular weight excluding hydrogens is 368 g/mol. The summed E-state index contributed by atoms with van der Waals surface area (Å²) in [6.07, 6.45) is 10.3. The van der Waals surface area contributed by atoms with Crippen LogP contribution in [0.1, 0.15) is 71.8 Å². The minimum atomic E-state index is -0.467. The van der Waals surface area contributed by atoms with Gasteiger partial charge < -0.3 is 14.5 Å². The molecule has 7 heteroatoms. The highest BCUT2D eigenvalue weighted by atomic mass is 16.6. The van der Waals surface area contributed by atoms with Crippen LogP contribution in [0.3, 0.4) is 0 Å². The average molecular weight is 403 g/mol. The fraction of sp³-hybridized carbons (Fsp3) is 0.773. The summed E-state index contributed by atoms with van der Waals surface area (Å²) in [5.41, 5.74) is -0.467. The van der Waals surface area contributed by atoms with Crippen LogP contribution in [-0.4, -0.2) is 62.4 Å². The second kappa shape index (κ2) is 8.00. The lowest BCUT2D eigenvalue weighted by molar-refractivity contribution is -0.137. The second-order valence-corrected chi connectivity index (χ2v) is 9.91. The molecule has 4 rings (SSSR count). The van der Waals surface area contributed by atoms with Crippen LogP contribution in [0.5, 0.6) is 0 Å². The number of piperidine rings is 2. The molecule has 3 aliphatic rings. The van der Waals surface area contributed by atoms with E-state index < -0.39 is 5.60 Å². The minimum absolute atomic E-state index is 0.235. The Morgan fingerprint density at radius 2 is 1.69 bits per heavy atom. The molecule has 3 fully saturated rings. The third kappa shape index (κ3) is 4.59. The van der Waals surface area contributed by atoms with Gasteiger partial charge in [0.1, 0.15) is 5.60 Å². The zero-order valence-corrected chi connectivity index (χ0v) is 17.9.